The second kappa shape index (κ2) is 6.15. The molecule has 2 heteroatoms. The van der Waals surface area contributed by atoms with Crippen LogP contribution in [0.15, 0.2) is 24.5 Å². The summed E-state index contributed by atoms with van der Waals surface area (Å²) in [5, 5.41) is 3.69. The zero-order valence-corrected chi connectivity index (χ0v) is 11.0. The number of nitrogens with one attached hydrogen (secondary N) is 1. The summed E-state index contributed by atoms with van der Waals surface area (Å²) >= 11 is 0. The largest absolute Gasteiger partial charge is 0.314 e. The minimum absolute atomic E-state index is 0.734. The molecule has 2 nitrogen and oxygen atoms in total. The van der Waals surface area contributed by atoms with Crippen LogP contribution in [0.5, 0.6) is 0 Å². The SMILES string of the molecule is CC1CCC(NCCc2cccnc2)CC1C. The highest BCUT2D eigenvalue weighted by Gasteiger charge is 2.23. The van der Waals surface area contributed by atoms with Crippen molar-refractivity contribution in [2.75, 3.05) is 6.54 Å². The summed E-state index contributed by atoms with van der Waals surface area (Å²) in [4.78, 5) is 4.14. The summed E-state index contributed by atoms with van der Waals surface area (Å²) in [5.74, 6) is 1.78. The zero-order chi connectivity index (χ0) is 12.1. The molecule has 0 amide bonds. The van der Waals surface area contributed by atoms with Crippen LogP contribution in [0.1, 0.15) is 38.7 Å². The maximum atomic E-state index is 4.14. The lowest BCUT2D eigenvalue weighted by atomic mass is 9.79. The quantitative estimate of drug-likeness (QED) is 0.863. The fourth-order valence-electron chi connectivity index (χ4n) is 2.70. The van der Waals surface area contributed by atoms with Crippen molar-refractivity contribution in [3.8, 4) is 0 Å². The predicted molar refractivity (Wildman–Crippen MR) is 71.9 cm³/mol. The van der Waals surface area contributed by atoms with Crippen LogP contribution in [-0.4, -0.2) is 17.6 Å². The molecule has 0 aliphatic heterocycles. The van der Waals surface area contributed by atoms with Crippen molar-refractivity contribution in [3.63, 3.8) is 0 Å². The molecule has 3 atom stereocenters. The van der Waals surface area contributed by atoms with Gasteiger partial charge in [0.15, 0.2) is 0 Å². The molecule has 94 valence electrons. The Labute approximate surface area is 105 Å². The normalized spacial score (nSPS) is 29.2. The fraction of sp³-hybridized carbons (Fsp3) is 0.667. The van der Waals surface area contributed by atoms with E-state index in [0.717, 1.165) is 30.8 Å². The molecule has 1 aliphatic rings. The number of hydrogen-bond donors (Lipinski definition) is 1. The van der Waals surface area contributed by atoms with Crippen LogP contribution >= 0.6 is 0 Å². The molecule has 1 aromatic heterocycles. The summed E-state index contributed by atoms with van der Waals surface area (Å²) in [7, 11) is 0. The lowest BCUT2D eigenvalue weighted by Gasteiger charge is -2.32. The van der Waals surface area contributed by atoms with E-state index < -0.39 is 0 Å². The molecule has 0 radical (unpaired) electrons. The molecule has 0 aromatic carbocycles. The fourth-order valence-corrected chi connectivity index (χ4v) is 2.70. The predicted octanol–water partition coefficient (Wildman–Crippen LogP) is 3.04. The van der Waals surface area contributed by atoms with Crippen LogP contribution in [0.2, 0.25) is 0 Å². The van der Waals surface area contributed by atoms with Crippen LogP contribution in [0.3, 0.4) is 0 Å². The molecular weight excluding hydrogens is 208 g/mol. The summed E-state index contributed by atoms with van der Waals surface area (Å²) in [6.07, 6.45) is 8.96. The number of pyridine rings is 1. The average Bonchev–Trinajstić information content (AvgIpc) is 2.35. The van der Waals surface area contributed by atoms with E-state index in [1.807, 2.05) is 18.5 Å². The third-order valence-electron chi connectivity index (χ3n) is 4.17. The van der Waals surface area contributed by atoms with E-state index in [9.17, 15) is 0 Å². The van der Waals surface area contributed by atoms with Crippen molar-refractivity contribution in [1.29, 1.82) is 0 Å². The minimum Gasteiger partial charge on any atom is -0.314 e. The van der Waals surface area contributed by atoms with Crippen LogP contribution in [0.4, 0.5) is 0 Å². The maximum absolute atomic E-state index is 4.14. The van der Waals surface area contributed by atoms with Crippen molar-refractivity contribution < 1.29 is 0 Å². The molecule has 17 heavy (non-hydrogen) atoms. The molecule has 0 spiro atoms. The Morgan fingerprint density at radius 1 is 1.29 bits per heavy atom. The Morgan fingerprint density at radius 2 is 2.18 bits per heavy atom. The second-order valence-corrected chi connectivity index (χ2v) is 5.53. The van der Waals surface area contributed by atoms with Gasteiger partial charge in [0.05, 0.1) is 0 Å². The Balaban J connectivity index is 1.69. The van der Waals surface area contributed by atoms with Crippen molar-refractivity contribution in [1.82, 2.24) is 10.3 Å². The Bertz CT molecular complexity index is 323. The Morgan fingerprint density at radius 3 is 2.88 bits per heavy atom. The molecule has 1 saturated carbocycles. The van der Waals surface area contributed by atoms with Gasteiger partial charge in [0.25, 0.3) is 0 Å². The molecule has 0 saturated heterocycles. The lowest BCUT2D eigenvalue weighted by Crippen LogP contribution is -2.37. The number of hydrogen-bond acceptors (Lipinski definition) is 2. The lowest BCUT2D eigenvalue weighted by molar-refractivity contribution is 0.227. The van der Waals surface area contributed by atoms with E-state index >= 15 is 0 Å². The van der Waals surface area contributed by atoms with E-state index in [2.05, 4.69) is 30.2 Å². The number of aromatic nitrogens is 1. The van der Waals surface area contributed by atoms with Gasteiger partial charge < -0.3 is 5.32 Å². The molecular formula is C15H24N2. The van der Waals surface area contributed by atoms with Gasteiger partial charge in [0, 0.05) is 18.4 Å². The molecule has 1 aromatic rings. The van der Waals surface area contributed by atoms with Gasteiger partial charge in [-0.1, -0.05) is 19.9 Å². The third kappa shape index (κ3) is 3.81. The molecule has 1 N–H and O–H groups in total. The topological polar surface area (TPSA) is 24.9 Å². The van der Waals surface area contributed by atoms with Crippen molar-refractivity contribution >= 4 is 0 Å². The first-order chi connectivity index (χ1) is 8.25. The highest BCUT2D eigenvalue weighted by Crippen LogP contribution is 2.29. The van der Waals surface area contributed by atoms with Gasteiger partial charge in [0.2, 0.25) is 0 Å². The highest BCUT2D eigenvalue weighted by molar-refractivity contribution is 5.08. The van der Waals surface area contributed by atoms with Gasteiger partial charge >= 0.3 is 0 Å². The van der Waals surface area contributed by atoms with Crippen LogP contribution < -0.4 is 5.32 Å². The van der Waals surface area contributed by atoms with E-state index in [1.165, 1.54) is 24.8 Å². The number of nitrogens with zero attached hydrogens (tertiary/aromatic N) is 1. The van der Waals surface area contributed by atoms with E-state index in [-0.39, 0.29) is 0 Å². The van der Waals surface area contributed by atoms with Gasteiger partial charge in [0.1, 0.15) is 0 Å². The Kier molecular flexibility index (Phi) is 4.55. The molecule has 1 fully saturated rings. The van der Waals surface area contributed by atoms with Crippen LogP contribution in [0.25, 0.3) is 0 Å². The summed E-state index contributed by atoms with van der Waals surface area (Å²) < 4.78 is 0. The average molecular weight is 232 g/mol. The third-order valence-corrected chi connectivity index (χ3v) is 4.17. The van der Waals surface area contributed by atoms with Crippen molar-refractivity contribution in [3.05, 3.63) is 30.1 Å². The molecule has 1 heterocycles. The van der Waals surface area contributed by atoms with Gasteiger partial charge in [-0.25, -0.2) is 0 Å². The van der Waals surface area contributed by atoms with Gasteiger partial charge in [-0.2, -0.15) is 0 Å². The van der Waals surface area contributed by atoms with Crippen LogP contribution in [-0.2, 0) is 6.42 Å². The summed E-state index contributed by atoms with van der Waals surface area (Å²) in [6, 6.07) is 4.90. The van der Waals surface area contributed by atoms with Gasteiger partial charge in [-0.3, -0.25) is 4.98 Å². The van der Waals surface area contributed by atoms with Crippen LogP contribution in [0, 0.1) is 11.8 Å². The first-order valence-electron chi connectivity index (χ1n) is 6.88. The van der Waals surface area contributed by atoms with E-state index in [0.29, 0.717) is 0 Å². The van der Waals surface area contributed by atoms with E-state index in [4.69, 9.17) is 0 Å². The zero-order valence-electron chi connectivity index (χ0n) is 11.0. The molecule has 2 rings (SSSR count). The Hall–Kier alpha value is -0.890. The first-order valence-corrected chi connectivity index (χ1v) is 6.88. The molecule has 0 bridgehead atoms. The number of rotatable bonds is 4. The van der Waals surface area contributed by atoms with Crippen molar-refractivity contribution in [2.45, 2.75) is 45.6 Å². The summed E-state index contributed by atoms with van der Waals surface area (Å²) in [5.41, 5.74) is 1.33. The standard InChI is InChI=1S/C15H24N2/c1-12-5-6-15(10-13(12)2)17-9-7-14-4-3-8-16-11-14/h3-4,8,11-13,15,17H,5-7,9-10H2,1-2H3. The first kappa shape index (κ1) is 12.6. The molecule has 3 unspecified atom stereocenters. The monoisotopic (exact) mass is 232 g/mol. The van der Waals surface area contributed by atoms with E-state index in [1.54, 1.807) is 0 Å². The summed E-state index contributed by atoms with van der Waals surface area (Å²) in [6.45, 7) is 5.85. The highest BCUT2D eigenvalue weighted by atomic mass is 14.9. The smallest absolute Gasteiger partial charge is 0.0300 e. The minimum atomic E-state index is 0.734. The van der Waals surface area contributed by atoms with Gasteiger partial charge in [-0.05, 0) is 55.7 Å². The molecule has 1 aliphatic carbocycles. The maximum Gasteiger partial charge on any atom is 0.0300 e. The van der Waals surface area contributed by atoms with Gasteiger partial charge in [-0.15, -0.1) is 0 Å². The van der Waals surface area contributed by atoms with Crippen molar-refractivity contribution in [2.24, 2.45) is 11.8 Å². The second-order valence-electron chi connectivity index (χ2n) is 5.53.